The zero-order valence-electron chi connectivity index (χ0n) is 11.6. The van der Waals surface area contributed by atoms with Gasteiger partial charge in [0.2, 0.25) is 5.91 Å². The normalized spacial score (nSPS) is 28.4. The molecule has 3 unspecified atom stereocenters. The molecule has 1 aliphatic carbocycles. The topological polar surface area (TPSA) is 46.6 Å². The van der Waals surface area contributed by atoms with Gasteiger partial charge in [0.05, 0.1) is 6.04 Å². The Labute approximate surface area is 118 Å². The van der Waals surface area contributed by atoms with Gasteiger partial charge < -0.3 is 4.74 Å². The third-order valence-corrected chi connectivity index (χ3v) is 4.26. The lowest BCUT2D eigenvalue weighted by molar-refractivity contribution is -0.129. The lowest BCUT2D eigenvalue weighted by Crippen LogP contribution is -2.40. The molecule has 1 aromatic carbocycles. The standard InChI is InChI=1S/C16H19NO3/c1-11-7-13(11)9-15(18)17-14(10-20-16(17)19)8-12-5-3-2-4-6-12/h2-6,11,13-14H,7-10H2,1H3. The largest absolute Gasteiger partial charge is 0.447 e. The van der Waals surface area contributed by atoms with Crippen LogP contribution in [0.3, 0.4) is 0 Å². The van der Waals surface area contributed by atoms with Crippen molar-refractivity contribution in [2.45, 2.75) is 32.2 Å². The molecular formula is C16H19NO3. The van der Waals surface area contributed by atoms with Crippen LogP contribution in [-0.4, -0.2) is 29.5 Å². The Bertz CT molecular complexity index is 514. The SMILES string of the molecule is CC1CC1CC(=O)N1C(=O)OCC1Cc1ccccc1. The van der Waals surface area contributed by atoms with Crippen molar-refractivity contribution in [3.05, 3.63) is 35.9 Å². The highest BCUT2D eigenvalue weighted by molar-refractivity contribution is 5.93. The van der Waals surface area contributed by atoms with Crippen molar-refractivity contribution in [3.8, 4) is 0 Å². The highest BCUT2D eigenvalue weighted by atomic mass is 16.6. The summed E-state index contributed by atoms with van der Waals surface area (Å²) in [6.45, 7) is 2.45. The van der Waals surface area contributed by atoms with E-state index < -0.39 is 6.09 Å². The summed E-state index contributed by atoms with van der Waals surface area (Å²) in [5.74, 6) is 0.987. The molecule has 2 fully saturated rings. The van der Waals surface area contributed by atoms with Gasteiger partial charge in [0, 0.05) is 6.42 Å². The van der Waals surface area contributed by atoms with E-state index >= 15 is 0 Å². The summed E-state index contributed by atoms with van der Waals surface area (Å²) in [7, 11) is 0. The first-order valence-corrected chi connectivity index (χ1v) is 7.18. The van der Waals surface area contributed by atoms with Crippen molar-refractivity contribution in [2.24, 2.45) is 11.8 Å². The summed E-state index contributed by atoms with van der Waals surface area (Å²) in [5, 5.41) is 0. The highest BCUT2D eigenvalue weighted by Crippen LogP contribution is 2.41. The monoisotopic (exact) mass is 273 g/mol. The van der Waals surface area contributed by atoms with Crippen molar-refractivity contribution in [3.63, 3.8) is 0 Å². The first-order chi connectivity index (χ1) is 9.65. The molecule has 0 N–H and O–H groups in total. The van der Waals surface area contributed by atoms with E-state index in [0.29, 0.717) is 31.3 Å². The van der Waals surface area contributed by atoms with E-state index in [9.17, 15) is 9.59 Å². The molecule has 1 aromatic rings. The number of carbonyl (C=O) groups excluding carboxylic acids is 2. The third kappa shape index (κ3) is 2.69. The fraction of sp³-hybridized carbons (Fsp3) is 0.500. The summed E-state index contributed by atoms with van der Waals surface area (Å²) in [5.41, 5.74) is 1.12. The quantitative estimate of drug-likeness (QED) is 0.847. The van der Waals surface area contributed by atoms with E-state index in [1.807, 2.05) is 30.3 Å². The Morgan fingerprint density at radius 1 is 1.35 bits per heavy atom. The molecule has 106 valence electrons. The van der Waals surface area contributed by atoms with Crippen molar-refractivity contribution in [1.29, 1.82) is 0 Å². The molecule has 2 aliphatic rings. The summed E-state index contributed by atoms with van der Waals surface area (Å²) >= 11 is 0. The Morgan fingerprint density at radius 2 is 2.05 bits per heavy atom. The molecule has 3 atom stereocenters. The molecule has 1 heterocycles. The zero-order valence-corrected chi connectivity index (χ0v) is 11.6. The molecule has 1 aliphatic heterocycles. The van der Waals surface area contributed by atoms with E-state index in [4.69, 9.17) is 4.74 Å². The second kappa shape index (κ2) is 5.27. The minimum absolute atomic E-state index is 0.0808. The molecule has 1 saturated carbocycles. The maximum atomic E-state index is 12.3. The van der Waals surface area contributed by atoms with E-state index in [-0.39, 0.29) is 11.9 Å². The van der Waals surface area contributed by atoms with Crippen molar-refractivity contribution < 1.29 is 14.3 Å². The van der Waals surface area contributed by atoms with Crippen molar-refractivity contribution in [2.75, 3.05) is 6.61 Å². The number of nitrogens with zero attached hydrogens (tertiary/aromatic N) is 1. The smallest absolute Gasteiger partial charge is 0.416 e. The van der Waals surface area contributed by atoms with E-state index in [2.05, 4.69) is 6.92 Å². The molecule has 2 amide bonds. The van der Waals surface area contributed by atoms with Crippen LogP contribution in [0.4, 0.5) is 4.79 Å². The number of hydrogen-bond donors (Lipinski definition) is 0. The minimum atomic E-state index is -0.482. The van der Waals surface area contributed by atoms with Gasteiger partial charge in [0.1, 0.15) is 6.61 Å². The Kier molecular flexibility index (Phi) is 3.47. The van der Waals surface area contributed by atoms with Crippen LogP contribution in [0.15, 0.2) is 30.3 Å². The second-order valence-electron chi connectivity index (χ2n) is 5.86. The van der Waals surface area contributed by atoms with E-state index in [0.717, 1.165) is 12.0 Å². The van der Waals surface area contributed by atoms with Gasteiger partial charge in [-0.2, -0.15) is 0 Å². The van der Waals surface area contributed by atoms with Crippen molar-refractivity contribution >= 4 is 12.0 Å². The number of amides is 2. The number of hydrogen-bond acceptors (Lipinski definition) is 3. The lowest BCUT2D eigenvalue weighted by Gasteiger charge is -2.19. The number of imide groups is 1. The van der Waals surface area contributed by atoms with Crippen LogP contribution in [-0.2, 0) is 16.0 Å². The number of rotatable bonds is 4. The number of cyclic esters (lactones) is 1. The fourth-order valence-electron chi connectivity index (χ4n) is 2.81. The molecule has 0 bridgehead atoms. The second-order valence-corrected chi connectivity index (χ2v) is 5.86. The maximum absolute atomic E-state index is 12.3. The van der Waals surface area contributed by atoms with E-state index in [1.54, 1.807) is 0 Å². The van der Waals surface area contributed by atoms with Crippen LogP contribution in [0.25, 0.3) is 0 Å². The van der Waals surface area contributed by atoms with Crippen LogP contribution in [0.1, 0.15) is 25.3 Å². The third-order valence-electron chi connectivity index (χ3n) is 4.26. The van der Waals surface area contributed by atoms with Crippen LogP contribution < -0.4 is 0 Å². The van der Waals surface area contributed by atoms with Crippen molar-refractivity contribution in [1.82, 2.24) is 4.90 Å². The Hall–Kier alpha value is -1.84. The molecule has 0 radical (unpaired) electrons. The van der Waals surface area contributed by atoms with Gasteiger partial charge in [-0.05, 0) is 30.2 Å². The maximum Gasteiger partial charge on any atom is 0.416 e. The Morgan fingerprint density at radius 3 is 2.70 bits per heavy atom. The average Bonchev–Trinajstić information content (AvgIpc) is 2.99. The molecular weight excluding hydrogens is 254 g/mol. The van der Waals surface area contributed by atoms with Gasteiger partial charge in [0.25, 0.3) is 0 Å². The minimum Gasteiger partial charge on any atom is -0.447 e. The highest BCUT2D eigenvalue weighted by Gasteiger charge is 2.42. The number of benzene rings is 1. The first kappa shape index (κ1) is 13.2. The molecule has 1 saturated heterocycles. The Balaban J connectivity index is 1.67. The van der Waals surface area contributed by atoms with Gasteiger partial charge in [-0.15, -0.1) is 0 Å². The molecule has 4 heteroatoms. The summed E-state index contributed by atoms with van der Waals surface area (Å²) in [6, 6.07) is 9.74. The molecule has 20 heavy (non-hydrogen) atoms. The fourth-order valence-corrected chi connectivity index (χ4v) is 2.81. The number of carbonyl (C=O) groups is 2. The lowest BCUT2D eigenvalue weighted by atomic mass is 10.1. The summed E-state index contributed by atoms with van der Waals surface area (Å²) in [6.07, 6.45) is 1.75. The predicted molar refractivity (Wildman–Crippen MR) is 74.0 cm³/mol. The van der Waals surface area contributed by atoms with E-state index in [1.165, 1.54) is 4.90 Å². The summed E-state index contributed by atoms with van der Waals surface area (Å²) in [4.78, 5) is 25.4. The van der Waals surface area contributed by atoms with Gasteiger partial charge in [-0.1, -0.05) is 37.3 Å². The van der Waals surface area contributed by atoms with Gasteiger partial charge >= 0.3 is 6.09 Å². The van der Waals surface area contributed by atoms with Crippen LogP contribution in [0.2, 0.25) is 0 Å². The van der Waals surface area contributed by atoms with Crippen LogP contribution in [0, 0.1) is 11.8 Å². The average molecular weight is 273 g/mol. The number of ether oxygens (including phenoxy) is 1. The van der Waals surface area contributed by atoms with Crippen LogP contribution >= 0.6 is 0 Å². The molecule has 0 spiro atoms. The first-order valence-electron chi connectivity index (χ1n) is 7.18. The van der Waals surface area contributed by atoms with Gasteiger partial charge in [-0.3, -0.25) is 4.79 Å². The van der Waals surface area contributed by atoms with Gasteiger partial charge in [0.15, 0.2) is 0 Å². The molecule has 3 rings (SSSR count). The summed E-state index contributed by atoms with van der Waals surface area (Å²) < 4.78 is 5.07. The van der Waals surface area contributed by atoms with Crippen LogP contribution in [0.5, 0.6) is 0 Å². The molecule has 4 nitrogen and oxygen atoms in total. The molecule has 0 aromatic heterocycles. The zero-order chi connectivity index (χ0) is 14.1. The predicted octanol–water partition coefficient (Wildman–Crippen LogP) is 2.62. The van der Waals surface area contributed by atoms with Gasteiger partial charge in [-0.25, -0.2) is 9.69 Å².